The fourth-order valence-corrected chi connectivity index (χ4v) is 3.61. The Morgan fingerprint density at radius 1 is 1.03 bits per heavy atom. The molecule has 2 aromatic carbocycles. The van der Waals surface area contributed by atoms with E-state index in [1.165, 1.54) is 0 Å². The van der Waals surface area contributed by atoms with E-state index in [2.05, 4.69) is 0 Å². The summed E-state index contributed by atoms with van der Waals surface area (Å²) in [7, 11) is 1.56. The third-order valence-corrected chi connectivity index (χ3v) is 5.29. The molecule has 170 valence electrons. The lowest BCUT2D eigenvalue weighted by molar-refractivity contribution is 0.0746. The second-order valence-electron chi connectivity index (χ2n) is 7.24. The lowest BCUT2D eigenvalue weighted by Gasteiger charge is -2.36. The van der Waals surface area contributed by atoms with Gasteiger partial charge in [0.2, 0.25) is 0 Å². The molecule has 3 rings (SSSR count). The third-order valence-electron chi connectivity index (χ3n) is 5.29. The summed E-state index contributed by atoms with van der Waals surface area (Å²) in [6, 6.07) is 7.41. The number of ether oxygens (including phenoxy) is 1. The van der Waals surface area contributed by atoms with Gasteiger partial charge in [0.1, 0.15) is 17.7 Å². The summed E-state index contributed by atoms with van der Waals surface area (Å²) in [5.74, 6) is -1.48. The minimum Gasteiger partial charge on any atom is -0.504 e. The minimum absolute atomic E-state index is 0.0919. The van der Waals surface area contributed by atoms with E-state index in [-0.39, 0.29) is 17.2 Å². The average molecular weight is 442 g/mol. The summed E-state index contributed by atoms with van der Waals surface area (Å²) in [6.07, 6.45) is 3.38. The molecule has 0 N–H and O–H groups in total. The van der Waals surface area contributed by atoms with Gasteiger partial charge in [0.05, 0.1) is 24.6 Å². The highest BCUT2D eigenvalue weighted by Gasteiger charge is 2.25. The van der Waals surface area contributed by atoms with Gasteiger partial charge in [-0.15, -0.1) is 0 Å². The van der Waals surface area contributed by atoms with Gasteiger partial charge in [-0.3, -0.25) is 4.79 Å². The normalized spacial score (nSPS) is 13.4. The Labute approximate surface area is 188 Å². The molecule has 0 spiro atoms. The number of hydrogen-bond acceptors (Lipinski definition) is 4. The highest BCUT2D eigenvalue weighted by Crippen LogP contribution is 2.25. The van der Waals surface area contributed by atoms with Crippen molar-refractivity contribution in [3.05, 3.63) is 70.0 Å². The molecule has 7 heteroatoms. The molecule has 2 aromatic rings. The summed E-state index contributed by atoms with van der Waals surface area (Å²) in [5.41, 5.74) is 3.23. The number of methoxy groups -OCH3 is 1. The number of anilines is 1. The molecule has 0 aliphatic carbocycles. The van der Waals surface area contributed by atoms with Gasteiger partial charge >= 0.3 is 0 Å². The highest BCUT2D eigenvalue weighted by atomic mass is 19.1. The van der Waals surface area contributed by atoms with Gasteiger partial charge < -0.3 is 14.5 Å². The summed E-state index contributed by atoms with van der Waals surface area (Å²) in [4.78, 5) is 16.5. The van der Waals surface area contributed by atoms with Crippen LogP contribution >= 0.6 is 0 Å². The standard InChI is InChI=1S/C23H23F2N3O2.C2H6/c1-15-10-16(2)19(11-17(15)4-9-30-3)23(29)28-7-5-27(6-8-28)22-13-20(24)18(14-26)12-21(22)25;1-2/h4,9-13H,5-8H2,1-3H3;1-2H3/b9-4+;. The van der Waals surface area contributed by atoms with E-state index >= 15 is 0 Å². The van der Waals surface area contributed by atoms with Crippen LogP contribution in [0.1, 0.15) is 46.5 Å². The van der Waals surface area contributed by atoms with Crippen LogP contribution in [0.25, 0.3) is 6.08 Å². The molecule has 5 nitrogen and oxygen atoms in total. The number of nitriles is 1. The smallest absolute Gasteiger partial charge is 0.254 e. The van der Waals surface area contributed by atoms with Crippen LogP contribution in [-0.4, -0.2) is 44.1 Å². The van der Waals surface area contributed by atoms with Crippen molar-refractivity contribution in [2.24, 2.45) is 0 Å². The summed E-state index contributed by atoms with van der Waals surface area (Å²) in [5, 5.41) is 8.83. The van der Waals surface area contributed by atoms with Crippen molar-refractivity contribution in [1.29, 1.82) is 5.26 Å². The molecule has 1 aliphatic heterocycles. The van der Waals surface area contributed by atoms with Gasteiger partial charge in [-0.1, -0.05) is 19.9 Å². The van der Waals surface area contributed by atoms with Gasteiger partial charge in [0, 0.05) is 37.8 Å². The van der Waals surface area contributed by atoms with Crippen LogP contribution in [0.4, 0.5) is 14.5 Å². The number of nitrogens with zero attached hydrogens (tertiary/aromatic N) is 3. The minimum atomic E-state index is -0.751. The number of carbonyl (C=O) groups is 1. The fraction of sp³-hybridized carbons (Fsp3) is 0.360. The number of hydrogen-bond donors (Lipinski definition) is 0. The Bertz CT molecular complexity index is 1040. The second-order valence-corrected chi connectivity index (χ2v) is 7.24. The Hall–Kier alpha value is -3.40. The van der Waals surface area contributed by atoms with E-state index in [1.807, 2.05) is 45.9 Å². The average Bonchev–Trinajstić information content (AvgIpc) is 2.80. The van der Waals surface area contributed by atoms with Crippen LogP contribution in [-0.2, 0) is 4.74 Å². The van der Waals surface area contributed by atoms with Gasteiger partial charge in [0.15, 0.2) is 0 Å². The van der Waals surface area contributed by atoms with Crippen molar-refractivity contribution in [3.63, 3.8) is 0 Å². The van der Waals surface area contributed by atoms with Gasteiger partial charge in [-0.2, -0.15) is 5.26 Å². The van der Waals surface area contributed by atoms with Crippen molar-refractivity contribution < 1.29 is 18.3 Å². The van der Waals surface area contributed by atoms with Crippen molar-refractivity contribution in [3.8, 4) is 6.07 Å². The SMILES string of the molecule is CC.CO/C=C/c1cc(C(=O)N2CCN(c3cc(F)c(C#N)cc3F)CC2)c(C)cc1C. The van der Waals surface area contributed by atoms with Crippen molar-refractivity contribution in [2.75, 3.05) is 38.2 Å². The number of rotatable bonds is 4. The van der Waals surface area contributed by atoms with Crippen LogP contribution in [0.3, 0.4) is 0 Å². The highest BCUT2D eigenvalue weighted by molar-refractivity contribution is 5.96. The Morgan fingerprint density at radius 3 is 2.28 bits per heavy atom. The quantitative estimate of drug-likeness (QED) is 0.623. The summed E-state index contributed by atoms with van der Waals surface area (Å²) >= 11 is 0. The maximum Gasteiger partial charge on any atom is 0.254 e. The topological polar surface area (TPSA) is 56.6 Å². The molecule has 1 saturated heterocycles. The first-order valence-electron chi connectivity index (χ1n) is 10.6. The van der Waals surface area contributed by atoms with Crippen molar-refractivity contribution in [1.82, 2.24) is 4.90 Å². The zero-order chi connectivity index (χ0) is 23.8. The second kappa shape index (κ2) is 11.3. The van der Waals surface area contributed by atoms with Gasteiger partial charge in [-0.25, -0.2) is 8.78 Å². The zero-order valence-corrected chi connectivity index (χ0v) is 19.2. The largest absolute Gasteiger partial charge is 0.504 e. The molecular weight excluding hydrogens is 412 g/mol. The summed E-state index contributed by atoms with van der Waals surface area (Å²) in [6.45, 7) is 9.38. The molecule has 1 heterocycles. The Kier molecular flexibility index (Phi) is 8.77. The number of amides is 1. The van der Waals surface area contributed by atoms with E-state index in [0.29, 0.717) is 31.7 Å². The molecule has 0 aromatic heterocycles. The molecule has 1 fully saturated rings. The zero-order valence-electron chi connectivity index (χ0n) is 19.2. The number of halogens is 2. The van der Waals surface area contributed by atoms with Crippen LogP contribution in [0, 0.1) is 36.8 Å². The molecule has 0 unspecified atom stereocenters. The maximum atomic E-state index is 14.3. The van der Waals surface area contributed by atoms with Crippen LogP contribution in [0.2, 0.25) is 0 Å². The Balaban J connectivity index is 0.00000176. The van der Waals surface area contributed by atoms with E-state index < -0.39 is 11.6 Å². The number of aryl methyl sites for hydroxylation is 2. The predicted molar refractivity (Wildman–Crippen MR) is 122 cm³/mol. The maximum absolute atomic E-state index is 14.3. The fourth-order valence-electron chi connectivity index (χ4n) is 3.61. The monoisotopic (exact) mass is 441 g/mol. The lowest BCUT2D eigenvalue weighted by Crippen LogP contribution is -2.49. The van der Waals surface area contributed by atoms with Crippen molar-refractivity contribution in [2.45, 2.75) is 27.7 Å². The molecule has 0 bridgehead atoms. The first kappa shape index (κ1) is 24.9. The molecule has 0 atom stereocenters. The lowest BCUT2D eigenvalue weighted by atomic mass is 9.98. The molecule has 0 radical (unpaired) electrons. The Morgan fingerprint density at radius 2 is 1.69 bits per heavy atom. The van der Waals surface area contributed by atoms with Gasteiger partial charge in [-0.05, 0) is 48.7 Å². The number of benzene rings is 2. The predicted octanol–water partition coefficient (Wildman–Crippen LogP) is 5.06. The van der Waals surface area contributed by atoms with Gasteiger partial charge in [0.25, 0.3) is 5.91 Å². The number of piperazine rings is 1. The molecular formula is C25H29F2N3O2. The summed E-state index contributed by atoms with van der Waals surface area (Å²) < 4.78 is 33.2. The molecule has 1 amide bonds. The van der Waals surface area contributed by atoms with E-state index in [9.17, 15) is 13.6 Å². The van der Waals surface area contributed by atoms with Crippen LogP contribution in [0.5, 0.6) is 0 Å². The van der Waals surface area contributed by atoms with E-state index in [4.69, 9.17) is 10.00 Å². The third kappa shape index (κ3) is 5.44. The first-order valence-corrected chi connectivity index (χ1v) is 10.6. The van der Waals surface area contributed by atoms with Crippen LogP contribution in [0.15, 0.2) is 30.5 Å². The number of carbonyl (C=O) groups excluding carboxylic acids is 1. The van der Waals surface area contributed by atoms with Crippen LogP contribution < -0.4 is 4.90 Å². The molecule has 1 aliphatic rings. The van der Waals surface area contributed by atoms with Crippen molar-refractivity contribution >= 4 is 17.7 Å². The molecule has 32 heavy (non-hydrogen) atoms. The van der Waals surface area contributed by atoms with E-state index in [1.54, 1.807) is 29.2 Å². The van der Waals surface area contributed by atoms with E-state index in [0.717, 1.165) is 28.8 Å². The molecule has 0 saturated carbocycles. The first-order chi connectivity index (χ1) is 15.3.